The Labute approximate surface area is 189 Å². The Morgan fingerprint density at radius 3 is 2.34 bits per heavy atom. The number of benzene rings is 2. The molecule has 0 aliphatic heterocycles. The molecule has 32 heavy (non-hydrogen) atoms. The van der Waals surface area contributed by atoms with Gasteiger partial charge in [0, 0.05) is 29.9 Å². The molecule has 2 aromatic carbocycles. The van der Waals surface area contributed by atoms with Crippen LogP contribution in [0.4, 0.5) is 11.4 Å². The van der Waals surface area contributed by atoms with E-state index >= 15 is 0 Å². The van der Waals surface area contributed by atoms with Crippen LogP contribution in [0, 0.1) is 17.8 Å². The highest BCUT2D eigenvalue weighted by Gasteiger charge is 2.42. The van der Waals surface area contributed by atoms with Crippen molar-refractivity contribution >= 4 is 33.2 Å². The van der Waals surface area contributed by atoms with E-state index in [2.05, 4.69) is 15.4 Å². The van der Waals surface area contributed by atoms with Gasteiger partial charge < -0.3 is 10.6 Å². The summed E-state index contributed by atoms with van der Waals surface area (Å²) < 4.78 is 28.6. The molecule has 170 valence electrons. The van der Waals surface area contributed by atoms with Crippen molar-refractivity contribution in [1.29, 1.82) is 0 Å². The van der Waals surface area contributed by atoms with E-state index in [-0.39, 0.29) is 22.8 Å². The third-order valence-electron chi connectivity index (χ3n) is 6.64. The van der Waals surface area contributed by atoms with Gasteiger partial charge in [-0.25, -0.2) is 13.1 Å². The summed E-state index contributed by atoms with van der Waals surface area (Å²) >= 11 is 0. The molecule has 4 rings (SSSR count). The normalized spacial score (nSPS) is 23.0. The van der Waals surface area contributed by atoms with Crippen LogP contribution >= 0.6 is 0 Å². The van der Waals surface area contributed by atoms with Crippen LogP contribution in [0.1, 0.15) is 49.9 Å². The Morgan fingerprint density at radius 1 is 0.969 bits per heavy atom. The van der Waals surface area contributed by atoms with Crippen LogP contribution in [-0.4, -0.2) is 26.3 Å². The number of anilines is 2. The molecule has 8 heteroatoms. The summed E-state index contributed by atoms with van der Waals surface area (Å²) in [5.74, 6) is 1.24. The zero-order chi connectivity index (χ0) is 22.9. The molecule has 0 radical (unpaired) electrons. The van der Waals surface area contributed by atoms with Gasteiger partial charge in [-0.3, -0.25) is 9.59 Å². The van der Waals surface area contributed by atoms with Gasteiger partial charge in [0.2, 0.25) is 15.9 Å². The average Bonchev–Trinajstić information content (AvgIpc) is 3.37. The Balaban J connectivity index is 1.39. The van der Waals surface area contributed by atoms with Crippen molar-refractivity contribution in [2.75, 3.05) is 10.6 Å². The summed E-state index contributed by atoms with van der Waals surface area (Å²) in [6.45, 7) is 3.36. The molecule has 0 aromatic heterocycles. The van der Waals surface area contributed by atoms with Crippen molar-refractivity contribution in [3.63, 3.8) is 0 Å². The van der Waals surface area contributed by atoms with Crippen LogP contribution in [0.5, 0.6) is 0 Å². The lowest BCUT2D eigenvalue weighted by molar-refractivity contribution is -0.114. The molecule has 0 saturated heterocycles. The van der Waals surface area contributed by atoms with E-state index in [0.29, 0.717) is 28.8 Å². The summed E-state index contributed by atoms with van der Waals surface area (Å²) in [4.78, 5) is 23.9. The third kappa shape index (κ3) is 5.02. The Bertz CT molecular complexity index is 1110. The number of amides is 2. The van der Waals surface area contributed by atoms with Crippen molar-refractivity contribution in [3.05, 3.63) is 54.1 Å². The van der Waals surface area contributed by atoms with Gasteiger partial charge in [-0.15, -0.1) is 0 Å². The van der Waals surface area contributed by atoms with Gasteiger partial charge in [-0.1, -0.05) is 12.5 Å². The van der Waals surface area contributed by atoms with Crippen LogP contribution in [0.3, 0.4) is 0 Å². The first-order valence-corrected chi connectivity index (χ1v) is 12.5. The fraction of sp³-hybridized carbons (Fsp3) is 0.417. The Morgan fingerprint density at radius 2 is 1.72 bits per heavy atom. The van der Waals surface area contributed by atoms with Crippen LogP contribution in [0.15, 0.2) is 53.4 Å². The van der Waals surface area contributed by atoms with Gasteiger partial charge >= 0.3 is 0 Å². The average molecular weight is 456 g/mol. The SMILES string of the molecule is CC(=O)Nc1cccc(C(=O)Nc2ccc(S(=O)(=O)N[C@H](C)[C@H]3C[C@H]4CC[C@H]3C4)cc2)c1. The van der Waals surface area contributed by atoms with Crippen molar-refractivity contribution in [2.24, 2.45) is 17.8 Å². The first-order valence-electron chi connectivity index (χ1n) is 11.0. The summed E-state index contributed by atoms with van der Waals surface area (Å²) in [6.07, 6.45) is 4.84. The predicted molar refractivity (Wildman–Crippen MR) is 124 cm³/mol. The van der Waals surface area contributed by atoms with E-state index in [4.69, 9.17) is 0 Å². The first kappa shape index (κ1) is 22.5. The zero-order valence-corrected chi connectivity index (χ0v) is 19.1. The van der Waals surface area contributed by atoms with Crippen molar-refractivity contribution in [2.45, 2.75) is 50.5 Å². The molecule has 3 N–H and O–H groups in total. The zero-order valence-electron chi connectivity index (χ0n) is 18.3. The lowest BCUT2D eigenvalue weighted by Crippen LogP contribution is -2.40. The molecule has 2 aliphatic carbocycles. The van der Waals surface area contributed by atoms with E-state index in [0.717, 1.165) is 12.3 Å². The Kier molecular flexibility index (Phi) is 6.35. The predicted octanol–water partition coefficient (Wildman–Crippen LogP) is 4.00. The minimum absolute atomic E-state index is 0.0921. The number of carbonyl (C=O) groups is 2. The van der Waals surface area contributed by atoms with Crippen LogP contribution in [0.25, 0.3) is 0 Å². The summed E-state index contributed by atoms with van der Waals surface area (Å²) in [7, 11) is -3.63. The molecule has 4 atom stereocenters. The van der Waals surface area contributed by atoms with Gasteiger partial charge in [0.15, 0.2) is 0 Å². The second kappa shape index (κ2) is 9.03. The summed E-state index contributed by atoms with van der Waals surface area (Å²) in [5, 5.41) is 5.39. The lowest BCUT2D eigenvalue weighted by Gasteiger charge is -2.28. The molecule has 2 bridgehead atoms. The topological polar surface area (TPSA) is 104 Å². The minimum Gasteiger partial charge on any atom is -0.326 e. The maximum atomic E-state index is 12.9. The molecular formula is C24H29N3O4S. The molecular weight excluding hydrogens is 426 g/mol. The molecule has 2 amide bonds. The van der Waals surface area contributed by atoms with Gasteiger partial charge in [-0.2, -0.15) is 0 Å². The second-order valence-electron chi connectivity index (χ2n) is 8.99. The fourth-order valence-electron chi connectivity index (χ4n) is 5.17. The molecule has 0 heterocycles. The van der Waals surface area contributed by atoms with Gasteiger partial charge in [0.1, 0.15) is 0 Å². The second-order valence-corrected chi connectivity index (χ2v) is 10.7. The molecule has 7 nitrogen and oxygen atoms in total. The number of hydrogen-bond donors (Lipinski definition) is 3. The standard InChI is InChI=1S/C24H29N3O4S/c1-15(23-13-17-6-7-18(23)12-17)27-32(30,31)22-10-8-20(9-11-22)26-24(29)19-4-3-5-21(14-19)25-16(2)28/h3-5,8-11,14-15,17-18,23,27H,6-7,12-13H2,1-2H3,(H,25,28)(H,26,29)/t15-,17+,18+,23-/m1/s1. The maximum absolute atomic E-state index is 12.9. The number of rotatable bonds is 7. The van der Waals surface area contributed by atoms with Crippen LogP contribution < -0.4 is 15.4 Å². The van der Waals surface area contributed by atoms with Crippen molar-refractivity contribution in [1.82, 2.24) is 4.72 Å². The molecule has 0 unspecified atom stereocenters. The largest absolute Gasteiger partial charge is 0.326 e. The number of nitrogens with one attached hydrogen (secondary N) is 3. The van der Waals surface area contributed by atoms with E-state index in [1.165, 1.54) is 38.3 Å². The van der Waals surface area contributed by atoms with Gasteiger partial charge in [0.25, 0.3) is 5.91 Å². The molecule has 2 fully saturated rings. The highest BCUT2D eigenvalue weighted by molar-refractivity contribution is 7.89. The van der Waals surface area contributed by atoms with Crippen LogP contribution in [0.2, 0.25) is 0 Å². The Hall–Kier alpha value is -2.71. The van der Waals surface area contributed by atoms with E-state index in [9.17, 15) is 18.0 Å². The van der Waals surface area contributed by atoms with Gasteiger partial charge in [0.05, 0.1) is 4.90 Å². The van der Waals surface area contributed by atoms with E-state index in [1.54, 1.807) is 36.4 Å². The summed E-state index contributed by atoms with van der Waals surface area (Å²) in [6, 6.07) is 12.7. The molecule has 0 spiro atoms. The van der Waals surface area contributed by atoms with Crippen molar-refractivity contribution in [3.8, 4) is 0 Å². The smallest absolute Gasteiger partial charge is 0.255 e. The lowest BCUT2D eigenvalue weighted by atomic mass is 9.84. The first-order chi connectivity index (χ1) is 15.2. The van der Waals surface area contributed by atoms with E-state index in [1.807, 2.05) is 6.92 Å². The number of hydrogen-bond acceptors (Lipinski definition) is 4. The quantitative estimate of drug-likeness (QED) is 0.587. The highest BCUT2D eigenvalue weighted by atomic mass is 32.2. The monoisotopic (exact) mass is 455 g/mol. The van der Waals surface area contributed by atoms with E-state index < -0.39 is 10.0 Å². The maximum Gasteiger partial charge on any atom is 0.255 e. The van der Waals surface area contributed by atoms with Crippen LogP contribution in [-0.2, 0) is 14.8 Å². The van der Waals surface area contributed by atoms with Crippen molar-refractivity contribution < 1.29 is 18.0 Å². The fourth-order valence-corrected chi connectivity index (χ4v) is 6.46. The highest BCUT2D eigenvalue weighted by Crippen LogP contribution is 2.49. The minimum atomic E-state index is -3.63. The molecule has 2 saturated carbocycles. The molecule has 2 aliphatic rings. The number of fused-ring (bicyclic) bond motifs is 2. The molecule has 2 aromatic rings. The number of sulfonamides is 1. The third-order valence-corrected chi connectivity index (χ3v) is 8.22. The summed E-state index contributed by atoms with van der Waals surface area (Å²) in [5.41, 5.74) is 1.40. The number of carbonyl (C=O) groups excluding carboxylic acids is 2. The van der Waals surface area contributed by atoms with Gasteiger partial charge in [-0.05, 0) is 86.4 Å².